The summed E-state index contributed by atoms with van der Waals surface area (Å²) in [5.74, 6) is -0.986. The zero-order valence-electron chi connectivity index (χ0n) is 96.4. The van der Waals surface area contributed by atoms with E-state index in [1.165, 1.54) is 424 Å². The Kier molecular flexibility index (Phi) is 115. The average molecular weight is 2230 g/mol. The fourth-order valence-corrected chi connectivity index (χ4v) is 19.2. The molecule has 0 spiro atoms. The van der Waals surface area contributed by atoms with E-state index in [1.807, 2.05) is 4.93 Å². The van der Waals surface area contributed by atoms with Crippen LogP contribution in [0.25, 0.3) is 0 Å². The monoisotopic (exact) mass is 2230 g/mol. The van der Waals surface area contributed by atoms with Gasteiger partial charge in [0.25, 0.3) is 0 Å². The molecule has 12 heteroatoms. The summed E-state index contributed by atoms with van der Waals surface area (Å²) in [6, 6.07) is 0. The summed E-state index contributed by atoms with van der Waals surface area (Å²) in [5.41, 5.74) is 0. The maximum atomic E-state index is 6.71. The lowest BCUT2D eigenvalue weighted by atomic mass is 9.98. The van der Waals surface area contributed by atoms with Crippen LogP contribution in [-0.4, -0.2) is 150 Å². The van der Waals surface area contributed by atoms with Gasteiger partial charge in [-0.3, -0.25) is 0 Å². The number of rotatable bonds is 96. The van der Waals surface area contributed by atoms with E-state index < -0.39 is 0 Å². The van der Waals surface area contributed by atoms with Crippen LogP contribution in [0, 0.1) is 0 Å². The fourth-order valence-electron chi connectivity index (χ4n) is 19.2. The van der Waals surface area contributed by atoms with Crippen molar-refractivity contribution in [3.05, 3.63) is 146 Å². The van der Waals surface area contributed by atoms with Crippen molar-refractivity contribution in [3.8, 4) is 0 Å². The second-order valence-corrected chi connectivity index (χ2v) is 44.1. The number of quaternary nitrogens is 2. The molecular weight excluding hydrogens is 1990 g/mol. The molecule has 0 aromatic heterocycles. The van der Waals surface area contributed by atoms with Crippen LogP contribution in [0.1, 0.15) is 550 Å². The van der Waals surface area contributed by atoms with Gasteiger partial charge in [-0.1, -0.05) is 449 Å². The molecule has 836 valence electrons. The molecule has 3 fully saturated rings. The molecule has 0 radical (unpaired) electrons. The van der Waals surface area contributed by atoms with Crippen LogP contribution in [0.4, 0.5) is 0 Å². The summed E-state index contributed by atoms with van der Waals surface area (Å²) in [4.78, 5) is 4.20. The van der Waals surface area contributed by atoms with Crippen molar-refractivity contribution in [2.24, 2.45) is 0 Å². The molecular formula is C130H244ClI2N3O6. The molecule has 0 aromatic rings. The molecule has 3 aliphatic rings. The number of ether oxygens (including phenoxy) is 6. The molecule has 0 saturated carbocycles. The number of hydrogen-bond donors (Lipinski definition) is 0. The second-order valence-electron chi connectivity index (χ2n) is 44.1. The van der Waals surface area contributed by atoms with E-state index in [9.17, 15) is 0 Å². The van der Waals surface area contributed by atoms with Gasteiger partial charge in [-0.2, -0.15) is 0 Å². The average Bonchev–Trinajstić information content (AvgIpc) is 1.69. The Balaban J connectivity index is -0.000000986. The van der Waals surface area contributed by atoms with Crippen LogP contribution >= 0.6 is 22.6 Å². The van der Waals surface area contributed by atoms with Crippen molar-refractivity contribution in [2.45, 2.75) is 585 Å². The number of alkyl halides is 1. The summed E-state index contributed by atoms with van der Waals surface area (Å²) in [6.07, 6.45) is 156. The summed E-state index contributed by atoms with van der Waals surface area (Å²) in [6.45, 7) is 18.9. The minimum absolute atomic E-state index is 0. The molecule has 9 nitrogen and oxygen atoms in total. The van der Waals surface area contributed by atoms with E-state index in [-0.39, 0.29) is 79.5 Å². The Morgan fingerprint density at radius 1 is 0.225 bits per heavy atom. The first-order chi connectivity index (χ1) is 67.9. The maximum absolute atomic E-state index is 6.71. The number of nitrogens with zero attached hydrogens (tertiary/aromatic N) is 3. The van der Waals surface area contributed by atoms with Gasteiger partial charge in [0, 0.05) is 45.1 Å². The van der Waals surface area contributed by atoms with Crippen molar-refractivity contribution in [3.63, 3.8) is 0 Å². The molecule has 142 heavy (non-hydrogen) atoms. The Hall–Kier alpha value is -1.73. The van der Waals surface area contributed by atoms with E-state index in [1.54, 1.807) is 0 Å². The highest BCUT2D eigenvalue weighted by atomic mass is 127. The van der Waals surface area contributed by atoms with Crippen LogP contribution in [0.2, 0.25) is 0 Å². The molecule has 3 unspecified atom stereocenters. The van der Waals surface area contributed by atoms with Gasteiger partial charge in [-0.05, 0) is 250 Å². The third kappa shape index (κ3) is 103. The molecule has 0 aromatic carbocycles. The molecule has 3 aliphatic heterocycles. The van der Waals surface area contributed by atoms with Gasteiger partial charge in [-0.15, -0.1) is 0 Å². The van der Waals surface area contributed by atoms with Gasteiger partial charge in [-0.25, -0.2) is 0 Å². The third-order valence-corrected chi connectivity index (χ3v) is 27.4. The third-order valence-electron chi connectivity index (χ3n) is 27.4. The first-order valence-corrected chi connectivity index (χ1v) is 62.5. The predicted molar refractivity (Wildman–Crippen MR) is 636 cm³/mol. The van der Waals surface area contributed by atoms with Crippen molar-refractivity contribution in [1.29, 1.82) is 0 Å². The number of unbranched alkanes of at least 4 members (excludes halogenated alkanes) is 54. The van der Waals surface area contributed by atoms with Gasteiger partial charge < -0.3 is 78.7 Å². The molecule has 0 N–H and O–H groups in total. The van der Waals surface area contributed by atoms with Crippen molar-refractivity contribution >= 4 is 22.6 Å². The SMILES string of the molecule is C.CCCCC/C=C\C/C=C\CCCCCCCCC1(CCCCCCCC/C=C\C/C=C\CCCCC)OCC(CN(C)C)O1.CCCCC/C=C\C/C=C\CCCCCCCCC1(CCCCCCCC/C=C\C/C=C\CCCCC)OCC(C[N+](C)(C)C)O1.CCCCC/C=C\C/C=C\CCCCCCCCC1(CCCCCCCC/C=C\C/C=C\CCCCC)OCC(C[N+](C)(C)C)O1.CI.[Cl-].[I-]. The lowest BCUT2D eigenvalue weighted by Gasteiger charge is -2.30. The first kappa shape index (κ1) is 147. The van der Waals surface area contributed by atoms with E-state index in [0.717, 1.165) is 125 Å². The number of likely N-dealkylation sites (N-methyl/N-ethyl adjacent to an activating group) is 3. The standard InChI is InChI=1S/2C43H80NO2.C42H77NO2.CH3I.CH4.ClH.HI/c2*1-6-8-10-12-14-16-18-20-22-24-26-28-30-32-34-36-38-43(45-41-42(46-43)40-44(3,4)5)39-37-35-33-31-29-27-25-23-21-19-17-15-13-11-9-7-2;1-5-7-9-11-13-15-17-19-21-23-25-27-29-31-33-35-37-42(44-40-41(45-42)39-43(3)4)38-36-34-32-30-28-26-24-22-20-18-16-14-12-10-8-6-2;1-2;;;/h2*14-17,20-23,42H,6-13,18-19,24-41H2,1-5H3;13-16,19-22,41H,5-12,17-18,23-40H2,1-4H3;1H3;1H4;2*1H/q2*+1;;;;;/p-2/b2*16-14-,17-15-,22-20-,23-21-;15-13-,16-14-,21-19-,22-20-;;;;. The zero-order chi connectivity index (χ0) is 101. The lowest BCUT2D eigenvalue weighted by molar-refractivity contribution is -0.873. The topological polar surface area (TPSA) is 58.6 Å². The Labute approximate surface area is 925 Å². The van der Waals surface area contributed by atoms with Crippen LogP contribution in [0.5, 0.6) is 0 Å². The summed E-state index contributed by atoms with van der Waals surface area (Å²) in [5, 5.41) is 0. The largest absolute Gasteiger partial charge is 1.00 e. The maximum Gasteiger partial charge on any atom is 0.169 e. The highest BCUT2D eigenvalue weighted by molar-refractivity contribution is 14.1. The van der Waals surface area contributed by atoms with Crippen LogP contribution in [0.3, 0.4) is 0 Å². The Bertz CT molecular complexity index is 2640. The highest BCUT2D eigenvalue weighted by Crippen LogP contribution is 2.39. The van der Waals surface area contributed by atoms with Gasteiger partial charge in [0.05, 0.1) is 68.2 Å². The number of halogens is 3. The van der Waals surface area contributed by atoms with E-state index in [4.69, 9.17) is 28.4 Å². The second kappa shape index (κ2) is 112. The quantitative estimate of drug-likeness (QED) is 0.0198. The summed E-state index contributed by atoms with van der Waals surface area (Å²) >= 11 is 2.15. The molecule has 3 rings (SSSR count). The van der Waals surface area contributed by atoms with Crippen molar-refractivity contribution in [1.82, 2.24) is 4.90 Å². The number of allylic oxidation sites excluding steroid dienone is 24. The lowest BCUT2D eigenvalue weighted by Crippen LogP contribution is -3.00. The summed E-state index contributed by atoms with van der Waals surface area (Å²) < 4.78 is 41.3. The summed E-state index contributed by atoms with van der Waals surface area (Å²) in [7, 11) is 17.8. The molecule has 0 amide bonds. The minimum Gasteiger partial charge on any atom is -1.00 e. The smallest absolute Gasteiger partial charge is 0.169 e. The highest BCUT2D eigenvalue weighted by Gasteiger charge is 2.44. The fraction of sp³-hybridized carbons (Fsp3) is 0.815. The molecule has 3 saturated heterocycles. The first-order valence-electron chi connectivity index (χ1n) is 60.3. The molecule has 0 aliphatic carbocycles. The number of hydrogen-bond acceptors (Lipinski definition) is 7. The van der Waals surface area contributed by atoms with Crippen molar-refractivity contribution in [2.75, 3.05) is 101 Å². The van der Waals surface area contributed by atoms with E-state index >= 15 is 0 Å². The Morgan fingerprint density at radius 3 is 0.521 bits per heavy atom. The zero-order valence-corrected chi connectivity index (χ0v) is 101. The predicted octanol–water partition coefficient (Wildman–Crippen LogP) is 35.2. The van der Waals surface area contributed by atoms with Gasteiger partial charge >= 0.3 is 0 Å². The van der Waals surface area contributed by atoms with Crippen LogP contribution < -0.4 is 36.4 Å². The van der Waals surface area contributed by atoms with Gasteiger partial charge in [0.15, 0.2) is 17.4 Å². The minimum atomic E-state index is -0.329. The van der Waals surface area contributed by atoms with Gasteiger partial charge in [0.2, 0.25) is 0 Å². The van der Waals surface area contributed by atoms with Crippen LogP contribution in [-0.2, 0) is 28.4 Å². The normalized spacial score (nSPS) is 16.6. The van der Waals surface area contributed by atoms with Crippen LogP contribution in [0.15, 0.2) is 146 Å². The molecule has 3 heterocycles. The van der Waals surface area contributed by atoms with E-state index in [0.29, 0.717) is 0 Å². The Morgan fingerprint density at radius 2 is 0.366 bits per heavy atom. The molecule has 3 atom stereocenters. The van der Waals surface area contributed by atoms with E-state index in [2.05, 4.69) is 271 Å². The molecule has 0 bridgehead atoms. The van der Waals surface area contributed by atoms with Gasteiger partial charge in [0.1, 0.15) is 25.3 Å². The van der Waals surface area contributed by atoms with Crippen molar-refractivity contribution < 1.29 is 73.8 Å².